The lowest BCUT2D eigenvalue weighted by molar-refractivity contribution is -0.129. The summed E-state index contributed by atoms with van der Waals surface area (Å²) in [5.41, 5.74) is 3.48. The molecule has 9 nitrogen and oxygen atoms in total. The maximum atomic E-state index is 11.8. The molecule has 2 aliphatic rings. The second kappa shape index (κ2) is 9.63. The number of methoxy groups -OCH3 is 1. The van der Waals surface area contributed by atoms with E-state index in [4.69, 9.17) is 14.5 Å². The number of aryl methyl sites for hydroxylation is 1. The minimum atomic E-state index is -0.561. The molecule has 0 saturated carbocycles. The summed E-state index contributed by atoms with van der Waals surface area (Å²) >= 11 is 0. The van der Waals surface area contributed by atoms with Gasteiger partial charge >= 0.3 is 0 Å². The number of anilines is 1. The minimum Gasteiger partial charge on any atom is -0.378 e. The molecule has 190 valence electrons. The predicted molar refractivity (Wildman–Crippen MR) is 136 cm³/mol. The monoisotopic (exact) mass is 491 g/mol. The van der Waals surface area contributed by atoms with E-state index in [1.54, 1.807) is 14.0 Å². The molecule has 0 spiro atoms. The van der Waals surface area contributed by atoms with E-state index in [0.717, 1.165) is 60.3 Å². The van der Waals surface area contributed by atoms with Gasteiger partial charge in [-0.25, -0.2) is 9.97 Å². The lowest BCUT2D eigenvalue weighted by atomic mass is 9.89. The Morgan fingerprint density at radius 3 is 2.61 bits per heavy atom. The number of nitrogens with zero attached hydrogens (tertiary/aromatic N) is 4. The summed E-state index contributed by atoms with van der Waals surface area (Å²) in [6.45, 7) is 7.76. The molecule has 0 aromatic carbocycles. The third kappa shape index (κ3) is 4.49. The molecule has 3 aromatic heterocycles. The van der Waals surface area contributed by atoms with Gasteiger partial charge in [-0.3, -0.25) is 9.59 Å². The van der Waals surface area contributed by atoms with E-state index in [9.17, 15) is 9.59 Å². The number of ether oxygens (including phenoxy) is 2. The molecule has 5 heterocycles. The number of fused-ring (bicyclic) bond motifs is 1. The van der Waals surface area contributed by atoms with Gasteiger partial charge in [0.2, 0.25) is 11.8 Å². The molecule has 2 fully saturated rings. The van der Waals surface area contributed by atoms with Gasteiger partial charge in [-0.15, -0.1) is 0 Å². The number of hydrogen-bond acceptors (Lipinski definition) is 6. The van der Waals surface area contributed by atoms with Crippen LogP contribution in [0.5, 0.6) is 0 Å². The van der Waals surface area contributed by atoms with E-state index in [2.05, 4.69) is 40.1 Å². The molecule has 0 aliphatic carbocycles. The Balaban J connectivity index is 1.62. The molecule has 1 atom stereocenters. The highest BCUT2D eigenvalue weighted by Gasteiger charge is 2.39. The molecule has 2 aliphatic heterocycles. The van der Waals surface area contributed by atoms with Crippen molar-refractivity contribution >= 4 is 28.5 Å². The van der Waals surface area contributed by atoms with Crippen molar-refractivity contribution in [2.24, 2.45) is 0 Å². The molecule has 2 saturated heterocycles. The summed E-state index contributed by atoms with van der Waals surface area (Å²) < 4.78 is 13.7. The molecule has 1 N–H and O–H groups in total. The summed E-state index contributed by atoms with van der Waals surface area (Å²) in [5.74, 6) is 1.53. The van der Waals surface area contributed by atoms with Gasteiger partial charge in [0.1, 0.15) is 17.2 Å². The molecule has 5 rings (SSSR count). The molecule has 0 bridgehead atoms. The van der Waals surface area contributed by atoms with Crippen LogP contribution in [0.2, 0.25) is 0 Å². The Labute approximate surface area is 210 Å². The van der Waals surface area contributed by atoms with Crippen LogP contribution >= 0.6 is 0 Å². The van der Waals surface area contributed by atoms with E-state index in [-0.39, 0.29) is 11.8 Å². The predicted octanol–water partition coefficient (Wildman–Crippen LogP) is 3.68. The number of piperidine rings is 1. The quantitative estimate of drug-likeness (QED) is 0.585. The number of carbonyl (C=O) groups is 2. The van der Waals surface area contributed by atoms with Crippen LogP contribution in [0.3, 0.4) is 0 Å². The summed E-state index contributed by atoms with van der Waals surface area (Å²) in [6, 6.07) is 6.03. The molecule has 0 radical (unpaired) electrons. The second-order valence-corrected chi connectivity index (χ2v) is 9.89. The van der Waals surface area contributed by atoms with Gasteiger partial charge in [0.05, 0.1) is 17.8 Å². The number of likely N-dealkylation sites (tertiary alicyclic amines) is 1. The molecule has 0 unspecified atom stereocenters. The van der Waals surface area contributed by atoms with Gasteiger partial charge in [0.25, 0.3) is 0 Å². The van der Waals surface area contributed by atoms with Crippen molar-refractivity contribution < 1.29 is 19.1 Å². The van der Waals surface area contributed by atoms with Crippen molar-refractivity contribution in [3.05, 3.63) is 47.4 Å². The Hall–Kier alpha value is -3.30. The average molecular weight is 492 g/mol. The van der Waals surface area contributed by atoms with E-state index >= 15 is 0 Å². The number of rotatable bonds is 5. The maximum absolute atomic E-state index is 11.8. The molecule has 9 heteroatoms. The molecule has 36 heavy (non-hydrogen) atoms. The maximum Gasteiger partial charge on any atom is 0.222 e. The van der Waals surface area contributed by atoms with Gasteiger partial charge in [0, 0.05) is 70.9 Å². The van der Waals surface area contributed by atoms with Crippen LogP contribution in [0.15, 0.2) is 30.6 Å². The lowest BCUT2D eigenvalue weighted by Gasteiger charge is -2.31. The standard InChI is InChI=1S/C27H33N5O4/c1-17-11-24(27(35-4)7-10-36-16-27)30-26(12-17)32-15-22(20-5-8-31(9-6-20)19(3)34)21-14-28-25(13-23(21)32)29-18(2)33/h11-15,20H,5-10,16H2,1-4H3,(H,28,29,33)/t27-/m0/s1. The number of nitrogens with one attached hydrogen (secondary N) is 1. The Kier molecular flexibility index (Phi) is 6.53. The zero-order valence-electron chi connectivity index (χ0n) is 21.3. The van der Waals surface area contributed by atoms with Crippen molar-refractivity contribution in [3.63, 3.8) is 0 Å². The van der Waals surface area contributed by atoms with E-state index in [1.165, 1.54) is 12.5 Å². The SMILES string of the molecule is CO[C@@]1(c2cc(C)cc(-n3cc(C4CCN(C(C)=O)CC4)c4cnc(NC(C)=O)cc43)n2)CCOC1. The van der Waals surface area contributed by atoms with Crippen molar-refractivity contribution in [3.8, 4) is 5.82 Å². The molecule has 3 aromatic rings. The van der Waals surface area contributed by atoms with E-state index in [1.807, 2.05) is 17.2 Å². The first-order valence-corrected chi connectivity index (χ1v) is 12.5. The zero-order valence-corrected chi connectivity index (χ0v) is 21.3. The van der Waals surface area contributed by atoms with Crippen LogP contribution in [0.1, 0.15) is 55.8 Å². The van der Waals surface area contributed by atoms with Gasteiger partial charge < -0.3 is 24.3 Å². The normalized spacial score (nSPS) is 20.7. The summed E-state index contributed by atoms with van der Waals surface area (Å²) in [7, 11) is 1.71. The fraction of sp³-hybridized carbons (Fsp3) is 0.481. The number of amides is 2. The van der Waals surface area contributed by atoms with Crippen LogP contribution in [0, 0.1) is 6.92 Å². The number of hydrogen-bond donors (Lipinski definition) is 1. The van der Waals surface area contributed by atoms with Crippen molar-refractivity contribution in [1.82, 2.24) is 19.4 Å². The zero-order chi connectivity index (χ0) is 25.4. The molecule has 2 amide bonds. The third-order valence-corrected chi connectivity index (χ3v) is 7.45. The summed E-state index contributed by atoms with van der Waals surface area (Å²) in [5, 5.41) is 3.83. The van der Waals surface area contributed by atoms with Crippen LogP contribution in [0.4, 0.5) is 5.82 Å². The highest BCUT2D eigenvalue weighted by atomic mass is 16.5. The van der Waals surface area contributed by atoms with Gasteiger partial charge in [-0.2, -0.15) is 0 Å². The highest BCUT2D eigenvalue weighted by molar-refractivity contribution is 5.92. The van der Waals surface area contributed by atoms with Crippen molar-refractivity contribution in [2.75, 3.05) is 38.7 Å². The fourth-order valence-corrected chi connectivity index (χ4v) is 5.43. The first kappa shape index (κ1) is 24.4. The molecular weight excluding hydrogens is 458 g/mol. The van der Waals surface area contributed by atoms with Crippen LogP contribution in [0.25, 0.3) is 16.7 Å². The smallest absolute Gasteiger partial charge is 0.222 e. The lowest BCUT2D eigenvalue weighted by Crippen LogP contribution is -2.36. The summed E-state index contributed by atoms with van der Waals surface area (Å²) in [6.07, 6.45) is 6.52. The first-order valence-electron chi connectivity index (χ1n) is 12.5. The average Bonchev–Trinajstić information content (AvgIpc) is 3.49. The second-order valence-electron chi connectivity index (χ2n) is 9.89. The largest absolute Gasteiger partial charge is 0.378 e. The topological polar surface area (TPSA) is 98.6 Å². The van der Waals surface area contributed by atoms with Gasteiger partial charge in [-0.1, -0.05) is 0 Å². The Morgan fingerprint density at radius 2 is 1.97 bits per heavy atom. The minimum absolute atomic E-state index is 0.122. The van der Waals surface area contributed by atoms with Gasteiger partial charge in [0.15, 0.2) is 0 Å². The van der Waals surface area contributed by atoms with Crippen LogP contribution in [-0.2, 0) is 24.7 Å². The van der Waals surface area contributed by atoms with Crippen LogP contribution < -0.4 is 5.32 Å². The Morgan fingerprint density at radius 1 is 1.19 bits per heavy atom. The highest BCUT2D eigenvalue weighted by Crippen LogP contribution is 2.38. The van der Waals surface area contributed by atoms with Crippen molar-refractivity contribution in [1.29, 1.82) is 0 Å². The first-order chi connectivity index (χ1) is 17.3. The third-order valence-electron chi connectivity index (χ3n) is 7.45. The molecular formula is C27H33N5O4. The number of pyridine rings is 2. The number of carbonyl (C=O) groups excluding carboxylic acids is 2. The number of aromatic nitrogens is 3. The van der Waals surface area contributed by atoms with E-state index in [0.29, 0.717) is 24.9 Å². The van der Waals surface area contributed by atoms with Crippen LogP contribution in [-0.4, -0.2) is 64.7 Å². The summed E-state index contributed by atoms with van der Waals surface area (Å²) in [4.78, 5) is 35.0. The van der Waals surface area contributed by atoms with Gasteiger partial charge in [-0.05, 0) is 48.9 Å². The fourth-order valence-electron chi connectivity index (χ4n) is 5.43. The Bertz CT molecular complexity index is 1300. The van der Waals surface area contributed by atoms with E-state index < -0.39 is 5.60 Å². The van der Waals surface area contributed by atoms with Crippen molar-refractivity contribution in [2.45, 2.75) is 51.6 Å².